The van der Waals surface area contributed by atoms with Gasteiger partial charge in [-0.05, 0) is 30.2 Å². The number of hydrogen-bond donors (Lipinski definition) is 2. The largest absolute Gasteiger partial charge is 0.354 e. The first-order valence-electron chi connectivity index (χ1n) is 9.36. The van der Waals surface area contributed by atoms with Gasteiger partial charge in [0.25, 0.3) is 0 Å². The highest BCUT2D eigenvalue weighted by atomic mass is 79.9. The molecule has 6 nitrogen and oxygen atoms in total. The van der Waals surface area contributed by atoms with Crippen LogP contribution in [0.1, 0.15) is 24.4 Å². The number of piperazine rings is 1. The minimum Gasteiger partial charge on any atom is -0.354 e. The molecule has 0 spiro atoms. The van der Waals surface area contributed by atoms with Gasteiger partial charge in [-0.2, -0.15) is 0 Å². The lowest BCUT2D eigenvalue weighted by Gasteiger charge is -2.36. The van der Waals surface area contributed by atoms with E-state index in [9.17, 15) is 0 Å². The summed E-state index contributed by atoms with van der Waals surface area (Å²) in [7, 11) is 0. The highest BCUT2D eigenvalue weighted by Crippen LogP contribution is 2.20. The van der Waals surface area contributed by atoms with Crippen molar-refractivity contribution in [3.05, 3.63) is 54.0 Å². The number of nitrogens with zero attached hydrogens (tertiary/aromatic N) is 4. The fourth-order valence-corrected chi connectivity index (χ4v) is 3.64. The Balaban J connectivity index is 0.00000210. The molecule has 1 fully saturated rings. The fraction of sp³-hybridized carbons (Fsp3) is 0.400. The number of benzene rings is 1. The number of H-pyrrole nitrogens is 1. The standard InChI is InChI=1S/C20H26N6.BrH/c1-2-15-6-5-7-17-19(15)24-20(23-17)16(21)14-25-10-12-26(13-11-25)18-8-3-4-9-22-18;/h3-9,16H,2,10-14,21H2,1H3,(H,23,24);1H. The summed E-state index contributed by atoms with van der Waals surface area (Å²) in [5.41, 5.74) is 9.87. The van der Waals surface area contributed by atoms with Crippen LogP contribution in [0, 0.1) is 0 Å². The van der Waals surface area contributed by atoms with Gasteiger partial charge in [-0.3, -0.25) is 4.90 Å². The first-order chi connectivity index (χ1) is 12.7. The molecule has 1 unspecified atom stereocenters. The van der Waals surface area contributed by atoms with E-state index in [1.807, 2.05) is 18.3 Å². The summed E-state index contributed by atoms with van der Waals surface area (Å²) < 4.78 is 0. The average molecular weight is 431 g/mol. The zero-order chi connectivity index (χ0) is 17.9. The lowest BCUT2D eigenvalue weighted by Crippen LogP contribution is -2.48. The van der Waals surface area contributed by atoms with Crippen LogP contribution >= 0.6 is 17.0 Å². The van der Waals surface area contributed by atoms with Gasteiger partial charge in [0.2, 0.25) is 0 Å². The van der Waals surface area contributed by atoms with Crippen LogP contribution in [0.15, 0.2) is 42.6 Å². The Hall–Kier alpha value is -1.96. The van der Waals surface area contributed by atoms with Crippen molar-refractivity contribution >= 4 is 33.8 Å². The third-order valence-electron chi connectivity index (χ3n) is 5.15. The first-order valence-corrected chi connectivity index (χ1v) is 9.36. The number of rotatable bonds is 5. The van der Waals surface area contributed by atoms with Gasteiger partial charge in [-0.25, -0.2) is 9.97 Å². The smallest absolute Gasteiger partial charge is 0.128 e. The minimum atomic E-state index is -0.103. The molecule has 0 bridgehead atoms. The molecule has 144 valence electrons. The van der Waals surface area contributed by atoms with Crippen molar-refractivity contribution in [2.45, 2.75) is 19.4 Å². The van der Waals surface area contributed by atoms with E-state index in [0.29, 0.717) is 0 Å². The summed E-state index contributed by atoms with van der Waals surface area (Å²) >= 11 is 0. The molecule has 4 rings (SSSR count). The van der Waals surface area contributed by atoms with Gasteiger partial charge in [0.15, 0.2) is 0 Å². The van der Waals surface area contributed by atoms with Crippen molar-refractivity contribution in [2.24, 2.45) is 5.73 Å². The van der Waals surface area contributed by atoms with Gasteiger partial charge in [-0.15, -0.1) is 17.0 Å². The Labute approximate surface area is 170 Å². The van der Waals surface area contributed by atoms with Crippen molar-refractivity contribution in [1.29, 1.82) is 0 Å². The van der Waals surface area contributed by atoms with Crippen LogP contribution in [0.25, 0.3) is 11.0 Å². The van der Waals surface area contributed by atoms with Crippen molar-refractivity contribution in [3.63, 3.8) is 0 Å². The molecule has 3 N–H and O–H groups in total. The lowest BCUT2D eigenvalue weighted by molar-refractivity contribution is 0.240. The highest BCUT2D eigenvalue weighted by Gasteiger charge is 2.21. The third-order valence-corrected chi connectivity index (χ3v) is 5.15. The minimum absolute atomic E-state index is 0. The third kappa shape index (κ3) is 4.31. The number of anilines is 1. The number of halogens is 1. The van der Waals surface area contributed by atoms with Gasteiger partial charge < -0.3 is 15.6 Å². The van der Waals surface area contributed by atoms with Crippen LogP contribution in [0.5, 0.6) is 0 Å². The van der Waals surface area contributed by atoms with E-state index in [0.717, 1.165) is 61.8 Å². The van der Waals surface area contributed by atoms with E-state index in [1.165, 1.54) is 5.56 Å². The Morgan fingerprint density at radius 2 is 1.93 bits per heavy atom. The molecular formula is C20H27BrN6. The Morgan fingerprint density at radius 3 is 2.63 bits per heavy atom. The summed E-state index contributed by atoms with van der Waals surface area (Å²) in [6.07, 6.45) is 2.83. The number of aryl methyl sites for hydroxylation is 1. The number of aromatic nitrogens is 3. The Bertz CT molecular complexity index is 857. The zero-order valence-corrected chi connectivity index (χ0v) is 17.3. The molecule has 1 aliphatic heterocycles. The average Bonchev–Trinajstić information content (AvgIpc) is 3.14. The van der Waals surface area contributed by atoms with Crippen molar-refractivity contribution in [2.75, 3.05) is 37.6 Å². The molecule has 3 heterocycles. The maximum Gasteiger partial charge on any atom is 0.128 e. The predicted octanol–water partition coefficient (Wildman–Crippen LogP) is 2.92. The Kier molecular flexibility index (Phi) is 6.46. The number of para-hydroxylation sites is 1. The summed E-state index contributed by atoms with van der Waals surface area (Å²) in [5.74, 6) is 1.94. The molecule has 1 aromatic carbocycles. The maximum atomic E-state index is 6.47. The van der Waals surface area contributed by atoms with Crippen molar-refractivity contribution in [1.82, 2.24) is 19.9 Å². The molecule has 0 amide bonds. The van der Waals surface area contributed by atoms with Gasteiger partial charge in [0.1, 0.15) is 11.6 Å². The van der Waals surface area contributed by atoms with E-state index in [1.54, 1.807) is 0 Å². The highest BCUT2D eigenvalue weighted by molar-refractivity contribution is 8.93. The van der Waals surface area contributed by atoms with E-state index in [-0.39, 0.29) is 23.0 Å². The van der Waals surface area contributed by atoms with E-state index >= 15 is 0 Å². The molecular weight excluding hydrogens is 404 g/mol. The second-order valence-corrected chi connectivity index (χ2v) is 6.87. The van der Waals surface area contributed by atoms with Gasteiger partial charge in [-0.1, -0.05) is 25.1 Å². The van der Waals surface area contributed by atoms with Gasteiger partial charge in [0.05, 0.1) is 17.1 Å². The topological polar surface area (TPSA) is 74.1 Å². The first kappa shape index (κ1) is 19.8. The summed E-state index contributed by atoms with van der Waals surface area (Å²) in [4.78, 5) is 17.4. The molecule has 7 heteroatoms. The number of imidazole rings is 1. The summed E-state index contributed by atoms with van der Waals surface area (Å²) in [6.45, 7) is 6.91. The monoisotopic (exact) mass is 430 g/mol. The van der Waals surface area contributed by atoms with Crippen LogP contribution in [0.2, 0.25) is 0 Å². The van der Waals surface area contributed by atoms with E-state index in [2.05, 4.69) is 51.0 Å². The molecule has 1 atom stereocenters. The quantitative estimate of drug-likeness (QED) is 0.650. The molecule has 3 aromatic rings. The number of aromatic amines is 1. The lowest BCUT2D eigenvalue weighted by atomic mass is 10.1. The van der Waals surface area contributed by atoms with Crippen LogP contribution in [0.4, 0.5) is 5.82 Å². The molecule has 2 aromatic heterocycles. The number of nitrogens with two attached hydrogens (primary N) is 1. The predicted molar refractivity (Wildman–Crippen MR) is 116 cm³/mol. The fourth-order valence-electron chi connectivity index (χ4n) is 3.64. The van der Waals surface area contributed by atoms with Crippen LogP contribution in [-0.2, 0) is 6.42 Å². The van der Waals surface area contributed by atoms with Crippen molar-refractivity contribution < 1.29 is 0 Å². The van der Waals surface area contributed by atoms with Crippen LogP contribution in [-0.4, -0.2) is 52.6 Å². The normalized spacial score (nSPS) is 16.3. The summed E-state index contributed by atoms with van der Waals surface area (Å²) in [5, 5.41) is 0. The van der Waals surface area contributed by atoms with Crippen LogP contribution < -0.4 is 10.6 Å². The molecule has 1 aliphatic rings. The second kappa shape index (κ2) is 8.82. The molecule has 27 heavy (non-hydrogen) atoms. The Morgan fingerprint density at radius 1 is 1.11 bits per heavy atom. The van der Waals surface area contributed by atoms with E-state index in [4.69, 9.17) is 10.7 Å². The van der Waals surface area contributed by atoms with Gasteiger partial charge >= 0.3 is 0 Å². The molecule has 0 aliphatic carbocycles. The SMILES string of the molecule is Br.CCc1cccc2[nH]c(C(N)CN3CCN(c4ccccn4)CC3)nc12. The second-order valence-electron chi connectivity index (χ2n) is 6.87. The van der Waals surface area contributed by atoms with Crippen LogP contribution in [0.3, 0.4) is 0 Å². The maximum absolute atomic E-state index is 6.47. The van der Waals surface area contributed by atoms with Crippen molar-refractivity contribution in [3.8, 4) is 0 Å². The number of hydrogen-bond acceptors (Lipinski definition) is 5. The molecule has 1 saturated heterocycles. The number of fused-ring (bicyclic) bond motifs is 1. The summed E-state index contributed by atoms with van der Waals surface area (Å²) in [6, 6.07) is 12.2. The number of pyridine rings is 1. The van der Waals surface area contributed by atoms with Gasteiger partial charge in [0, 0.05) is 38.9 Å². The molecule has 0 saturated carbocycles. The van der Waals surface area contributed by atoms with E-state index < -0.39 is 0 Å². The number of nitrogens with one attached hydrogen (secondary N) is 1. The zero-order valence-electron chi connectivity index (χ0n) is 15.6. The molecule has 0 radical (unpaired) electrons.